The molecule has 0 aliphatic carbocycles. The van der Waals surface area contributed by atoms with Gasteiger partial charge >= 0.3 is 0 Å². The summed E-state index contributed by atoms with van der Waals surface area (Å²) in [7, 11) is 0. The predicted molar refractivity (Wildman–Crippen MR) is 79.9 cm³/mol. The van der Waals surface area contributed by atoms with Crippen molar-refractivity contribution in [3.05, 3.63) is 35.4 Å². The maximum Gasteiger partial charge on any atom is 0.173 e. The molecule has 3 aromatic rings. The Labute approximate surface area is 124 Å². The Morgan fingerprint density at radius 3 is 3.11 bits per heavy atom. The van der Waals surface area contributed by atoms with Gasteiger partial charge in [-0.25, -0.2) is 9.97 Å². The summed E-state index contributed by atoms with van der Waals surface area (Å²) >= 11 is 9.19. The molecule has 0 radical (unpaired) electrons. The van der Waals surface area contributed by atoms with Crippen molar-refractivity contribution in [3.8, 4) is 0 Å². The number of benzene rings is 1. The number of nitrogens with zero attached hydrogens (tertiary/aromatic N) is 4. The summed E-state index contributed by atoms with van der Waals surface area (Å²) in [5.74, 6) is 0.870. The number of aromatic nitrogens is 4. The lowest BCUT2D eigenvalue weighted by molar-refractivity contribution is 0.831. The van der Waals surface area contributed by atoms with E-state index in [0.717, 1.165) is 33.2 Å². The van der Waals surface area contributed by atoms with Crippen LogP contribution in [-0.2, 0) is 6.42 Å². The van der Waals surface area contributed by atoms with Crippen LogP contribution in [0.1, 0.15) is 19.2 Å². The van der Waals surface area contributed by atoms with Crippen molar-refractivity contribution in [1.82, 2.24) is 19.2 Å². The van der Waals surface area contributed by atoms with Crippen molar-refractivity contribution < 1.29 is 0 Å². The molecule has 98 valence electrons. The largest absolute Gasteiger partial charge is 0.226 e. The predicted octanol–water partition coefficient (Wildman–Crippen LogP) is 4.05. The monoisotopic (exact) mass is 310 g/mol. The summed E-state index contributed by atoms with van der Waals surface area (Å²) in [4.78, 5) is 8.78. The van der Waals surface area contributed by atoms with Crippen LogP contribution in [0.5, 0.6) is 0 Å². The fraction of sp³-hybridized carbons (Fsp3) is 0.250. The number of halogens is 1. The van der Waals surface area contributed by atoms with E-state index in [4.69, 9.17) is 11.6 Å². The van der Waals surface area contributed by atoms with Gasteiger partial charge in [-0.15, -0.1) is 16.4 Å². The molecule has 0 amide bonds. The zero-order valence-corrected chi connectivity index (χ0v) is 12.6. The van der Waals surface area contributed by atoms with Crippen LogP contribution in [0.25, 0.3) is 10.2 Å². The van der Waals surface area contributed by atoms with E-state index in [-0.39, 0.29) is 0 Å². The van der Waals surface area contributed by atoms with E-state index in [1.165, 1.54) is 11.9 Å². The minimum Gasteiger partial charge on any atom is -0.226 e. The van der Waals surface area contributed by atoms with Crippen LogP contribution < -0.4 is 0 Å². The lowest BCUT2D eigenvalue weighted by Crippen LogP contribution is -1.90. The van der Waals surface area contributed by atoms with Gasteiger partial charge in [0.2, 0.25) is 0 Å². The first-order valence-corrected chi connectivity index (χ1v) is 7.87. The van der Waals surface area contributed by atoms with Gasteiger partial charge in [0, 0.05) is 18.4 Å². The average Bonchev–Trinajstić information content (AvgIpc) is 2.98. The molecular weight excluding hydrogens is 300 g/mol. The summed E-state index contributed by atoms with van der Waals surface area (Å²) in [6, 6.07) is 5.81. The SMILES string of the molecule is CCCc1ncn(Sc2nc3c(Cl)cccc3s2)n1. The number of fused-ring (bicyclic) bond motifs is 1. The fourth-order valence-corrected chi connectivity index (χ4v) is 3.84. The molecule has 2 aromatic heterocycles. The lowest BCUT2D eigenvalue weighted by atomic mass is 10.3. The van der Waals surface area contributed by atoms with Gasteiger partial charge in [0.05, 0.1) is 9.72 Å². The molecule has 0 N–H and O–H groups in total. The molecule has 7 heteroatoms. The van der Waals surface area contributed by atoms with Gasteiger partial charge < -0.3 is 0 Å². The van der Waals surface area contributed by atoms with Crippen molar-refractivity contribution in [2.75, 3.05) is 0 Å². The normalized spacial score (nSPS) is 11.3. The van der Waals surface area contributed by atoms with Crippen molar-refractivity contribution in [1.29, 1.82) is 0 Å². The molecule has 3 rings (SSSR count). The van der Waals surface area contributed by atoms with E-state index >= 15 is 0 Å². The Bertz CT molecular complexity index is 707. The maximum atomic E-state index is 6.12. The van der Waals surface area contributed by atoms with Gasteiger partial charge in [-0.3, -0.25) is 0 Å². The van der Waals surface area contributed by atoms with Crippen molar-refractivity contribution in [2.45, 2.75) is 24.1 Å². The van der Waals surface area contributed by atoms with E-state index < -0.39 is 0 Å². The van der Waals surface area contributed by atoms with E-state index in [1.807, 2.05) is 18.2 Å². The van der Waals surface area contributed by atoms with Gasteiger partial charge in [0.1, 0.15) is 11.8 Å². The molecule has 0 unspecified atom stereocenters. The third-order valence-electron chi connectivity index (χ3n) is 2.51. The molecule has 0 saturated carbocycles. The third kappa shape index (κ3) is 2.75. The third-order valence-corrected chi connectivity index (χ3v) is 4.72. The molecule has 2 heterocycles. The van der Waals surface area contributed by atoms with Crippen molar-refractivity contribution in [2.24, 2.45) is 0 Å². The molecular formula is C12H11ClN4S2. The standard InChI is InChI=1S/C12H11ClN4S2/c1-2-4-10-14-7-17(16-10)19-12-15-11-8(13)5-3-6-9(11)18-12/h3,5-7H,2,4H2,1H3. The zero-order chi connectivity index (χ0) is 13.2. The number of para-hydroxylation sites is 1. The topological polar surface area (TPSA) is 43.6 Å². The molecule has 0 fully saturated rings. The van der Waals surface area contributed by atoms with Gasteiger partial charge in [-0.05, 0) is 18.6 Å². The molecule has 0 atom stereocenters. The Balaban J connectivity index is 1.86. The highest BCUT2D eigenvalue weighted by molar-refractivity contribution is 7.99. The van der Waals surface area contributed by atoms with Crippen molar-refractivity contribution in [3.63, 3.8) is 0 Å². The highest BCUT2D eigenvalue weighted by atomic mass is 35.5. The summed E-state index contributed by atoms with van der Waals surface area (Å²) < 4.78 is 3.75. The number of hydrogen-bond donors (Lipinski definition) is 0. The number of aryl methyl sites for hydroxylation is 1. The molecule has 0 aliphatic heterocycles. The molecule has 19 heavy (non-hydrogen) atoms. The molecule has 0 aliphatic rings. The van der Waals surface area contributed by atoms with Crippen LogP contribution >= 0.6 is 34.9 Å². The summed E-state index contributed by atoms with van der Waals surface area (Å²) in [6.07, 6.45) is 3.67. The van der Waals surface area contributed by atoms with Crippen LogP contribution in [-0.4, -0.2) is 19.2 Å². The Kier molecular flexibility index (Phi) is 3.72. The van der Waals surface area contributed by atoms with Crippen molar-refractivity contribution >= 4 is 45.1 Å². The quantitative estimate of drug-likeness (QED) is 0.729. The van der Waals surface area contributed by atoms with E-state index in [2.05, 4.69) is 22.0 Å². The first kappa shape index (κ1) is 12.9. The minimum absolute atomic E-state index is 0.686. The van der Waals surface area contributed by atoms with Gasteiger partial charge in [-0.1, -0.05) is 24.6 Å². The van der Waals surface area contributed by atoms with Gasteiger partial charge in [-0.2, -0.15) is 4.09 Å². The molecule has 0 bridgehead atoms. The smallest absolute Gasteiger partial charge is 0.173 e. The average molecular weight is 311 g/mol. The molecule has 0 saturated heterocycles. The van der Waals surface area contributed by atoms with Gasteiger partial charge in [0.15, 0.2) is 10.2 Å². The van der Waals surface area contributed by atoms with E-state index in [0.29, 0.717) is 5.02 Å². The molecule has 1 aromatic carbocycles. The van der Waals surface area contributed by atoms with Crippen LogP contribution in [0.2, 0.25) is 5.02 Å². The summed E-state index contributed by atoms with van der Waals surface area (Å²) in [6.45, 7) is 2.11. The number of hydrogen-bond acceptors (Lipinski definition) is 5. The second kappa shape index (κ2) is 5.48. The molecule has 4 nitrogen and oxygen atoms in total. The van der Waals surface area contributed by atoms with Crippen LogP contribution in [0.4, 0.5) is 0 Å². The van der Waals surface area contributed by atoms with E-state index in [9.17, 15) is 0 Å². The highest BCUT2D eigenvalue weighted by Gasteiger charge is 2.09. The Hall–Kier alpha value is -1.11. The summed E-state index contributed by atoms with van der Waals surface area (Å²) in [5.41, 5.74) is 0.852. The first-order valence-electron chi connectivity index (χ1n) is 5.90. The summed E-state index contributed by atoms with van der Waals surface area (Å²) in [5, 5.41) is 5.08. The molecule has 0 spiro atoms. The Morgan fingerprint density at radius 2 is 2.32 bits per heavy atom. The minimum atomic E-state index is 0.686. The Morgan fingerprint density at radius 1 is 1.42 bits per heavy atom. The lowest BCUT2D eigenvalue weighted by Gasteiger charge is -1.93. The van der Waals surface area contributed by atoms with E-state index in [1.54, 1.807) is 21.8 Å². The zero-order valence-electron chi connectivity index (χ0n) is 10.2. The van der Waals surface area contributed by atoms with Crippen LogP contribution in [0, 0.1) is 0 Å². The second-order valence-electron chi connectivity index (χ2n) is 3.97. The fourth-order valence-electron chi connectivity index (χ4n) is 1.68. The first-order chi connectivity index (χ1) is 9.26. The number of thiazole rings is 1. The van der Waals surface area contributed by atoms with Crippen LogP contribution in [0.3, 0.4) is 0 Å². The van der Waals surface area contributed by atoms with Gasteiger partial charge in [0.25, 0.3) is 0 Å². The maximum absolute atomic E-state index is 6.12. The van der Waals surface area contributed by atoms with Crippen LogP contribution in [0.15, 0.2) is 28.9 Å². The second-order valence-corrected chi connectivity index (χ2v) is 6.61. The highest BCUT2D eigenvalue weighted by Crippen LogP contribution is 2.33. The number of rotatable bonds is 4.